The van der Waals surface area contributed by atoms with E-state index in [9.17, 15) is 9.59 Å². The van der Waals surface area contributed by atoms with E-state index >= 15 is 0 Å². The quantitative estimate of drug-likeness (QED) is 0.634. The monoisotopic (exact) mass is 282 g/mol. The Morgan fingerprint density at radius 3 is 2.45 bits per heavy atom. The fourth-order valence-electron chi connectivity index (χ4n) is 3.10. The average Bonchev–Trinajstić information content (AvgIpc) is 2.85. The van der Waals surface area contributed by atoms with Gasteiger partial charge in [-0.1, -0.05) is 12.2 Å². The number of carboxylic acids is 1. The van der Waals surface area contributed by atoms with E-state index in [-0.39, 0.29) is 12.3 Å². The van der Waals surface area contributed by atoms with Crippen molar-refractivity contribution in [2.45, 2.75) is 51.7 Å². The zero-order valence-corrected chi connectivity index (χ0v) is 12.2. The van der Waals surface area contributed by atoms with Crippen LogP contribution in [0.5, 0.6) is 0 Å². The number of carbonyl (C=O) groups is 2. The first-order chi connectivity index (χ1) is 9.24. The second kappa shape index (κ2) is 5.46. The fraction of sp³-hybridized carbons (Fsp3) is 0.733. The van der Waals surface area contributed by atoms with Crippen molar-refractivity contribution in [1.29, 1.82) is 0 Å². The Hall–Kier alpha value is -1.52. The molecule has 1 saturated carbocycles. The molecule has 0 aromatic carbocycles. The fourth-order valence-corrected chi connectivity index (χ4v) is 3.10. The Morgan fingerprint density at radius 1 is 1.30 bits per heavy atom. The number of fused-ring (bicyclic) bond motifs is 2. The third-order valence-corrected chi connectivity index (χ3v) is 3.82. The van der Waals surface area contributed by atoms with Crippen LogP contribution in [0.1, 0.15) is 40.0 Å². The summed E-state index contributed by atoms with van der Waals surface area (Å²) in [5.74, 6) is -0.0331. The minimum atomic E-state index is -0.953. The largest absolute Gasteiger partial charge is 0.509 e. The van der Waals surface area contributed by atoms with Gasteiger partial charge in [0.15, 0.2) is 0 Å². The lowest BCUT2D eigenvalue weighted by Crippen LogP contribution is -2.34. The molecule has 4 atom stereocenters. The van der Waals surface area contributed by atoms with Crippen molar-refractivity contribution in [3.63, 3.8) is 0 Å². The molecule has 2 rings (SSSR count). The van der Waals surface area contributed by atoms with Crippen molar-refractivity contribution in [2.75, 3.05) is 0 Å². The summed E-state index contributed by atoms with van der Waals surface area (Å²) < 4.78 is 10.4. The second-order valence-corrected chi connectivity index (χ2v) is 6.66. The minimum absolute atomic E-state index is 0.0913. The van der Waals surface area contributed by atoms with Crippen molar-refractivity contribution in [1.82, 2.24) is 0 Å². The molecule has 20 heavy (non-hydrogen) atoms. The highest BCUT2D eigenvalue weighted by Crippen LogP contribution is 2.46. The van der Waals surface area contributed by atoms with Crippen LogP contribution in [0.25, 0.3) is 0 Å². The first-order valence-electron chi connectivity index (χ1n) is 7.04. The Labute approximate surface area is 118 Å². The summed E-state index contributed by atoms with van der Waals surface area (Å²) in [5.41, 5.74) is -0.639. The van der Waals surface area contributed by atoms with Crippen LogP contribution in [0.3, 0.4) is 0 Å². The van der Waals surface area contributed by atoms with Gasteiger partial charge in [-0.05, 0) is 45.4 Å². The number of carbonyl (C=O) groups excluding carboxylic acids is 1. The molecule has 4 unspecified atom stereocenters. The average molecular weight is 282 g/mol. The third-order valence-electron chi connectivity index (χ3n) is 3.82. The summed E-state index contributed by atoms with van der Waals surface area (Å²) in [4.78, 5) is 22.7. The first kappa shape index (κ1) is 14.9. The molecule has 2 bridgehead atoms. The molecule has 0 spiro atoms. The predicted octanol–water partition coefficient (Wildman–Crippen LogP) is 2.99. The van der Waals surface area contributed by atoms with Gasteiger partial charge in [-0.2, -0.15) is 0 Å². The molecule has 5 heteroatoms. The highest BCUT2D eigenvalue weighted by atomic mass is 16.7. The van der Waals surface area contributed by atoms with Crippen LogP contribution in [0.15, 0.2) is 12.2 Å². The molecule has 5 nitrogen and oxygen atoms in total. The van der Waals surface area contributed by atoms with E-state index in [4.69, 9.17) is 14.6 Å². The maximum absolute atomic E-state index is 11.8. The van der Waals surface area contributed by atoms with Gasteiger partial charge in [-0.15, -0.1) is 0 Å². The van der Waals surface area contributed by atoms with Gasteiger partial charge >= 0.3 is 12.1 Å². The molecular formula is C15H22O5. The van der Waals surface area contributed by atoms with E-state index in [0.717, 1.165) is 12.8 Å². The molecule has 1 fully saturated rings. The van der Waals surface area contributed by atoms with E-state index in [0.29, 0.717) is 11.8 Å². The molecule has 1 N–H and O–H groups in total. The highest BCUT2D eigenvalue weighted by molar-refractivity contribution is 5.68. The smallest absolute Gasteiger partial charge is 0.481 e. The minimum Gasteiger partial charge on any atom is -0.481 e. The number of allylic oxidation sites excluding steroid dienone is 2. The van der Waals surface area contributed by atoms with Crippen LogP contribution in [-0.4, -0.2) is 28.9 Å². The standard InChI is InChI=1S/C15H22O5/c1-15(2,3)20-14(18)19-12(8-13(16)17)11-7-9-4-5-10(11)6-9/h4-5,9-12H,6-8H2,1-3H3,(H,16,17). The van der Waals surface area contributed by atoms with E-state index in [1.54, 1.807) is 20.8 Å². The van der Waals surface area contributed by atoms with Crippen LogP contribution in [-0.2, 0) is 14.3 Å². The zero-order chi connectivity index (χ0) is 14.9. The van der Waals surface area contributed by atoms with Gasteiger partial charge in [0.05, 0.1) is 6.42 Å². The van der Waals surface area contributed by atoms with E-state index in [2.05, 4.69) is 12.2 Å². The molecule has 0 aromatic heterocycles. The molecule has 112 valence electrons. The summed E-state index contributed by atoms with van der Waals surface area (Å²) in [6.45, 7) is 5.25. The van der Waals surface area contributed by atoms with Crippen molar-refractivity contribution >= 4 is 12.1 Å². The number of hydrogen-bond donors (Lipinski definition) is 1. The molecule has 0 aliphatic heterocycles. The van der Waals surface area contributed by atoms with E-state index in [1.165, 1.54) is 0 Å². The Morgan fingerprint density at radius 2 is 2.00 bits per heavy atom. The van der Waals surface area contributed by atoms with Crippen LogP contribution >= 0.6 is 0 Å². The third kappa shape index (κ3) is 3.74. The van der Waals surface area contributed by atoms with Crippen LogP contribution in [0, 0.1) is 17.8 Å². The molecule has 0 amide bonds. The zero-order valence-electron chi connectivity index (χ0n) is 12.2. The maximum atomic E-state index is 11.8. The highest BCUT2D eigenvalue weighted by Gasteiger charge is 2.42. The van der Waals surface area contributed by atoms with Gasteiger partial charge in [-0.25, -0.2) is 4.79 Å². The van der Waals surface area contributed by atoms with Gasteiger partial charge in [0.25, 0.3) is 0 Å². The van der Waals surface area contributed by atoms with Gasteiger partial charge in [0.2, 0.25) is 0 Å². The van der Waals surface area contributed by atoms with Gasteiger partial charge in [0, 0.05) is 5.92 Å². The van der Waals surface area contributed by atoms with E-state index < -0.39 is 23.8 Å². The number of rotatable bonds is 4. The summed E-state index contributed by atoms with van der Waals surface area (Å²) in [6.07, 6.45) is 4.66. The summed E-state index contributed by atoms with van der Waals surface area (Å²) in [5, 5.41) is 9.01. The lowest BCUT2D eigenvalue weighted by Gasteiger charge is -2.28. The van der Waals surface area contributed by atoms with E-state index in [1.807, 2.05) is 0 Å². The molecule has 0 saturated heterocycles. The Balaban J connectivity index is 1.99. The lowest BCUT2D eigenvalue weighted by molar-refractivity contribution is -0.141. The number of ether oxygens (including phenoxy) is 2. The Bertz CT molecular complexity index is 420. The number of hydrogen-bond acceptors (Lipinski definition) is 4. The summed E-state index contributed by atoms with van der Waals surface area (Å²) >= 11 is 0. The van der Waals surface area contributed by atoms with Gasteiger partial charge in [-0.3, -0.25) is 4.79 Å². The van der Waals surface area contributed by atoms with Crippen molar-refractivity contribution in [3.05, 3.63) is 12.2 Å². The van der Waals surface area contributed by atoms with Crippen LogP contribution < -0.4 is 0 Å². The Kier molecular flexibility index (Phi) is 4.06. The van der Waals surface area contributed by atoms with Gasteiger partial charge in [0.1, 0.15) is 11.7 Å². The van der Waals surface area contributed by atoms with Crippen LogP contribution in [0.2, 0.25) is 0 Å². The van der Waals surface area contributed by atoms with Crippen LogP contribution in [0.4, 0.5) is 4.79 Å². The number of carboxylic acid groups (broad SMARTS) is 1. The molecular weight excluding hydrogens is 260 g/mol. The predicted molar refractivity (Wildman–Crippen MR) is 72.2 cm³/mol. The number of aliphatic carboxylic acids is 1. The molecule has 0 heterocycles. The molecule has 2 aliphatic rings. The van der Waals surface area contributed by atoms with Crippen molar-refractivity contribution in [3.8, 4) is 0 Å². The first-order valence-corrected chi connectivity index (χ1v) is 7.04. The SMILES string of the molecule is CC(C)(C)OC(=O)OC(CC(=O)O)C1CC2C=CC1C2. The molecule has 0 radical (unpaired) electrons. The van der Waals surface area contributed by atoms with Gasteiger partial charge < -0.3 is 14.6 Å². The lowest BCUT2D eigenvalue weighted by atomic mass is 9.87. The van der Waals surface area contributed by atoms with Crippen molar-refractivity contribution in [2.24, 2.45) is 17.8 Å². The maximum Gasteiger partial charge on any atom is 0.509 e. The van der Waals surface area contributed by atoms with Crippen molar-refractivity contribution < 1.29 is 24.2 Å². The molecule has 0 aromatic rings. The second-order valence-electron chi connectivity index (χ2n) is 6.66. The normalized spacial score (nSPS) is 29.2. The molecule has 2 aliphatic carbocycles. The summed E-state index contributed by atoms with van der Waals surface area (Å²) in [6, 6.07) is 0. The topological polar surface area (TPSA) is 72.8 Å². The summed E-state index contributed by atoms with van der Waals surface area (Å²) in [7, 11) is 0.